The maximum atomic E-state index is 12.0. The third-order valence-corrected chi connectivity index (χ3v) is 2.55. The summed E-state index contributed by atoms with van der Waals surface area (Å²) < 4.78 is 0. The molecule has 1 unspecified atom stereocenters. The molecule has 0 aliphatic rings. The molecule has 0 aromatic carbocycles. The molecule has 1 aromatic heterocycles. The maximum Gasteiger partial charge on any atom is 0.220 e. The minimum absolute atomic E-state index is 0.0430. The molecule has 0 saturated heterocycles. The number of hydrogen-bond acceptors (Lipinski definition) is 3. The Morgan fingerprint density at radius 3 is 2.65 bits per heavy atom. The van der Waals surface area contributed by atoms with Crippen LogP contribution in [0.4, 0.5) is 0 Å². The third kappa shape index (κ3) is 4.01. The van der Waals surface area contributed by atoms with Crippen LogP contribution in [0.5, 0.6) is 0 Å². The summed E-state index contributed by atoms with van der Waals surface area (Å²) in [5, 5.41) is 2.75. The van der Waals surface area contributed by atoms with Gasteiger partial charge < -0.3 is 10.3 Å². The molecule has 0 fully saturated rings. The SMILES string of the molecule is CCC(=O)NC(Cc1cnc[nH]1)C(=O)C(C)C. The van der Waals surface area contributed by atoms with Gasteiger partial charge in [-0.2, -0.15) is 0 Å². The Bertz CT molecular complexity index is 371. The van der Waals surface area contributed by atoms with Gasteiger partial charge in [0, 0.05) is 30.7 Å². The Morgan fingerprint density at radius 2 is 2.18 bits per heavy atom. The second-order valence-electron chi connectivity index (χ2n) is 4.31. The van der Waals surface area contributed by atoms with E-state index in [0.717, 1.165) is 5.69 Å². The van der Waals surface area contributed by atoms with Crippen LogP contribution in [-0.4, -0.2) is 27.7 Å². The molecule has 0 spiro atoms. The zero-order valence-electron chi connectivity index (χ0n) is 10.5. The highest BCUT2D eigenvalue weighted by Crippen LogP contribution is 2.06. The molecule has 5 nitrogen and oxygen atoms in total. The van der Waals surface area contributed by atoms with E-state index >= 15 is 0 Å². The van der Waals surface area contributed by atoms with Crippen molar-refractivity contribution in [3.05, 3.63) is 18.2 Å². The van der Waals surface area contributed by atoms with Crippen molar-refractivity contribution in [1.82, 2.24) is 15.3 Å². The van der Waals surface area contributed by atoms with Crippen molar-refractivity contribution in [1.29, 1.82) is 0 Å². The molecule has 1 atom stereocenters. The number of hydrogen-bond donors (Lipinski definition) is 2. The molecule has 94 valence electrons. The first kappa shape index (κ1) is 13.4. The topological polar surface area (TPSA) is 74.8 Å². The Labute approximate surface area is 101 Å². The number of imidazole rings is 1. The quantitative estimate of drug-likeness (QED) is 0.777. The van der Waals surface area contributed by atoms with Gasteiger partial charge in [0.05, 0.1) is 12.4 Å². The maximum absolute atomic E-state index is 12.0. The number of amides is 1. The molecule has 1 aromatic rings. The Balaban J connectivity index is 2.71. The Hall–Kier alpha value is -1.65. The summed E-state index contributed by atoms with van der Waals surface area (Å²) in [6.07, 6.45) is 4.07. The van der Waals surface area contributed by atoms with Crippen LogP contribution < -0.4 is 5.32 Å². The standard InChI is InChI=1S/C12H19N3O2/c1-4-11(16)15-10(12(17)8(2)3)5-9-6-13-7-14-9/h6-8,10H,4-5H2,1-3H3,(H,13,14)(H,15,16). The molecule has 1 amide bonds. The number of nitrogens with one attached hydrogen (secondary N) is 2. The molecule has 2 N–H and O–H groups in total. The van der Waals surface area contributed by atoms with Crippen molar-refractivity contribution < 1.29 is 9.59 Å². The van der Waals surface area contributed by atoms with Crippen molar-refractivity contribution >= 4 is 11.7 Å². The van der Waals surface area contributed by atoms with Crippen LogP contribution >= 0.6 is 0 Å². The lowest BCUT2D eigenvalue weighted by molar-refractivity contribution is -0.129. The van der Waals surface area contributed by atoms with Crippen LogP contribution in [0, 0.1) is 5.92 Å². The predicted octanol–water partition coefficient (Wildman–Crippen LogP) is 1.07. The summed E-state index contributed by atoms with van der Waals surface area (Å²) in [4.78, 5) is 30.2. The summed E-state index contributed by atoms with van der Waals surface area (Å²) in [6, 6.07) is -0.470. The van der Waals surface area contributed by atoms with Gasteiger partial charge in [-0.15, -0.1) is 0 Å². The molecular formula is C12H19N3O2. The minimum Gasteiger partial charge on any atom is -0.348 e. The van der Waals surface area contributed by atoms with E-state index in [-0.39, 0.29) is 17.6 Å². The fraction of sp³-hybridized carbons (Fsp3) is 0.583. The molecule has 5 heteroatoms. The lowest BCUT2D eigenvalue weighted by atomic mass is 9.98. The molecule has 0 saturated carbocycles. The molecule has 0 bridgehead atoms. The zero-order valence-corrected chi connectivity index (χ0v) is 10.5. The molecule has 17 heavy (non-hydrogen) atoms. The molecule has 1 rings (SSSR count). The number of Topliss-reactive ketones (excluding diaryl/α,β-unsaturated/α-hetero) is 1. The van der Waals surface area contributed by atoms with Crippen LogP contribution in [0.2, 0.25) is 0 Å². The summed E-state index contributed by atoms with van der Waals surface area (Å²) in [5.74, 6) is -0.162. The zero-order chi connectivity index (χ0) is 12.8. The largest absolute Gasteiger partial charge is 0.348 e. The first-order valence-electron chi connectivity index (χ1n) is 5.85. The number of aromatic nitrogens is 2. The molecule has 0 radical (unpaired) electrons. The first-order valence-corrected chi connectivity index (χ1v) is 5.85. The second kappa shape index (κ2) is 6.18. The van der Waals surface area contributed by atoms with Crippen molar-refractivity contribution in [2.45, 2.75) is 39.7 Å². The molecule has 0 aliphatic heterocycles. The van der Waals surface area contributed by atoms with Crippen molar-refractivity contribution in [3.8, 4) is 0 Å². The molecular weight excluding hydrogens is 218 g/mol. The van der Waals surface area contributed by atoms with Gasteiger partial charge in [0.25, 0.3) is 0 Å². The average molecular weight is 237 g/mol. The number of rotatable bonds is 6. The minimum atomic E-state index is -0.470. The monoisotopic (exact) mass is 237 g/mol. The van der Waals surface area contributed by atoms with E-state index in [4.69, 9.17) is 0 Å². The fourth-order valence-electron chi connectivity index (χ4n) is 1.54. The highest BCUT2D eigenvalue weighted by molar-refractivity contribution is 5.90. The van der Waals surface area contributed by atoms with E-state index in [1.807, 2.05) is 13.8 Å². The van der Waals surface area contributed by atoms with Gasteiger partial charge in [-0.25, -0.2) is 4.98 Å². The van der Waals surface area contributed by atoms with Crippen LogP contribution in [0.1, 0.15) is 32.9 Å². The third-order valence-electron chi connectivity index (χ3n) is 2.55. The van der Waals surface area contributed by atoms with Crippen LogP contribution in [0.3, 0.4) is 0 Å². The smallest absolute Gasteiger partial charge is 0.220 e. The number of nitrogens with zero attached hydrogens (tertiary/aromatic N) is 1. The van der Waals surface area contributed by atoms with Gasteiger partial charge in [-0.05, 0) is 0 Å². The average Bonchev–Trinajstić information content (AvgIpc) is 2.79. The summed E-state index contributed by atoms with van der Waals surface area (Å²) in [5.41, 5.74) is 0.848. The van der Waals surface area contributed by atoms with E-state index < -0.39 is 6.04 Å². The van der Waals surface area contributed by atoms with Gasteiger partial charge in [-0.3, -0.25) is 9.59 Å². The van der Waals surface area contributed by atoms with Gasteiger partial charge in [0.15, 0.2) is 5.78 Å². The highest BCUT2D eigenvalue weighted by atomic mass is 16.2. The summed E-state index contributed by atoms with van der Waals surface area (Å²) in [6.45, 7) is 5.43. The second-order valence-corrected chi connectivity index (χ2v) is 4.31. The van der Waals surface area contributed by atoms with E-state index in [2.05, 4.69) is 15.3 Å². The highest BCUT2D eigenvalue weighted by Gasteiger charge is 2.23. The number of ketones is 1. The number of carbonyl (C=O) groups excluding carboxylic acids is 2. The van der Waals surface area contributed by atoms with E-state index in [0.29, 0.717) is 12.8 Å². The van der Waals surface area contributed by atoms with Crippen molar-refractivity contribution in [2.75, 3.05) is 0 Å². The number of H-pyrrole nitrogens is 1. The van der Waals surface area contributed by atoms with Gasteiger partial charge in [0.2, 0.25) is 5.91 Å². The Morgan fingerprint density at radius 1 is 1.47 bits per heavy atom. The first-order chi connectivity index (χ1) is 8.04. The summed E-state index contributed by atoms with van der Waals surface area (Å²) in [7, 11) is 0. The lowest BCUT2D eigenvalue weighted by Crippen LogP contribution is -2.44. The van der Waals surface area contributed by atoms with Crippen LogP contribution in [0.15, 0.2) is 12.5 Å². The van der Waals surface area contributed by atoms with Crippen LogP contribution in [0.25, 0.3) is 0 Å². The van der Waals surface area contributed by atoms with Crippen molar-refractivity contribution in [3.63, 3.8) is 0 Å². The Kier molecular flexibility index (Phi) is 4.87. The fourth-order valence-corrected chi connectivity index (χ4v) is 1.54. The summed E-state index contributed by atoms with van der Waals surface area (Å²) >= 11 is 0. The predicted molar refractivity (Wildman–Crippen MR) is 64.4 cm³/mol. The normalized spacial score (nSPS) is 12.5. The van der Waals surface area contributed by atoms with Gasteiger partial charge in [-0.1, -0.05) is 20.8 Å². The molecule has 0 aliphatic carbocycles. The van der Waals surface area contributed by atoms with E-state index in [1.165, 1.54) is 0 Å². The number of carbonyl (C=O) groups is 2. The van der Waals surface area contributed by atoms with Gasteiger partial charge in [0.1, 0.15) is 0 Å². The van der Waals surface area contributed by atoms with E-state index in [1.54, 1.807) is 19.4 Å². The number of aromatic amines is 1. The molecule has 1 heterocycles. The van der Waals surface area contributed by atoms with Crippen LogP contribution in [-0.2, 0) is 16.0 Å². The lowest BCUT2D eigenvalue weighted by Gasteiger charge is -2.18. The van der Waals surface area contributed by atoms with E-state index in [9.17, 15) is 9.59 Å². The van der Waals surface area contributed by atoms with Gasteiger partial charge >= 0.3 is 0 Å². The van der Waals surface area contributed by atoms with Crippen molar-refractivity contribution in [2.24, 2.45) is 5.92 Å².